The minimum atomic E-state index is -4.77. The van der Waals surface area contributed by atoms with E-state index in [4.69, 9.17) is 5.73 Å². The highest BCUT2D eigenvalue weighted by Crippen LogP contribution is 2.33. The average molecular weight is 381 g/mol. The molecule has 0 bridgehead atoms. The molecule has 150 valence electrons. The summed E-state index contributed by atoms with van der Waals surface area (Å²) in [6.45, 7) is 6.62. The van der Waals surface area contributed by atoms with Gasteiger partial charge in [-0.1, -0.05) is 20.8 Å². The number of nitrogens with one attached hydrogen (secondary N) is 1. The lowest BCUT2D eigenvalue weighted by Crippen LogP contribution is -2.58. The largest absolute Gasteiger partial charge is 0.434 e. The third kappa shape index (κ3) is 5.01. The Morgan fingerprint density at radius 1 is 1.15 bits per heavy atom. The van der Waals surface area contributed by atoms with Crippen LogP contribution in [0.15, 0.2) is 0 Å². The monoisotopic (exact) mass is 381 g/mol. The molecule has 0 saturated carbocycles. The Morgan fingerprint density at radius 2 is 1.69 bits per heavy atom. The van der Waals surface area contributed by atoms with Crippen LogP contribution in [0.2, 0.25) is 0 Å². The number of halogens is 3. The molecule has 3 amide bonds. The molecule has 0 aromatic rings. The predicted octanol–water partition coefficient (Wildman–Crippen LogP) is 1.94. The lowest BCUT2D eigenvalue weighted by molar-refractivity contribution is -0.244. The topological polar surface area (TPSA) is 102 Å². The molecule has 0 aromatic carbocycles. The number of carbonyl (C=O) groups excluding carboxylic acids is 3. The Kier molecular flexibility index (Phi) is 6.20. The molecule has 1 rings (SSSR count). The zero-order valence-corrected chi connectivity index (χ0v) is 15.6. The number of nitrogens with two attached hydrogens (primary N) is 1. The summed E-state index contributed by atoms with van der Waals surface area (Å²) in [4.78, 5) is 37.6. The van der Waals surface area contributed by atoms with Gasteiger partial charge in [0.05, 0.1) is 0 Å². The molecule has 0 aliphatic carbocycles. The van der Waals surface area contributed by atoms with Gasteiger partial charge < -0.3 is 20.7 Å². The first-order valence-electron chi connectivity index (χ1n) is 8.24. The van der Waals surface area contributed by atoms with Crippen LogP contribution in [-0.4, -0.2) is 53.2 Å². The maximum absolute atomic E-state index is 12.9. The summed E-state index contributed by atoms with van der Waals surface area (Å²) < 4.78 is 43.1. The second-order valence-corrected chi connectivity index (χ2v) is 7.93. The van der Waals surface area contributed by atoms with Gasteiger partial charge in [0.25, 0.3) is 0 Å². The second-order valence-electron chi connectivity index (χ2n) is 7.93. The smallest absolute Gasteiger partial charge is 0.427 e. The summed E-state index contributed by atoms with van der Waals surface area (Å²) in [5.74, 6) is -1.25. The molecule has 3 N–H and O–H groups in total. The molecule has 1 saturated heterocycles. The summed E-state index contributed by atoms with van der Waals surface area (Å²) in [6, 6.07) is -1.98. The maximum atomic E-state index is 12.9. The van der Waals surface area contributed by atoms with Gasteiger partial charge in [0.2, 0.25) is 17.4 Å². The number of carbonyl (C=O) groups is 3. The molecule has 1 heterocycles. The fourth-order valence-electron chi connectivity index (χ4n) is 2.58. The van der Waals surface area contributed by atoms with Crippen molar-refractivity contribution in [3.8, 4) is 0 Å². The van der Waals surface area contributed by atoms with E-state index < -0.39 is 47.2 Å². The predicted molar refractivity (Wildman–Crippen MR) is 86.9 cm³/mol. The zero-order valence-electron chi connectivity index (χ0n) is 15.6. The number of rotatable bonds is 4. The number of amides is 3. The molecule has 0 radical (unpaired) electrons. The molecule has 0 unspecified atom stereocenters. The summed E-state index contributed by atoms with van der Waals surface area (Å²) in [6.07, 6.45) is -5.15. The van der Waals surface area contributed by atoms with Crippen LogP contribution >= 0.6 is 0 Å². The van der Waals surface area contributed by atoms with Gasteiger partial charge in [-0.15, -0.1) is 0 Å². The van der Waals surface area contributed by atoms with Crippen LogP contribution in [0, 0.1) is 5.41 Å². The van der Waals surface area contributed by atoms with Gasteiger partial charge in [0.15, 0.2) is 0 Å². The van der Waals surface area contributed by atoms with Crippen LogP contribution in [0.25, 0.3) is 0 Å². The van der Waals surface area contributed by atoms with E-state index in [1.165, 1.54) is 4.90 Å². The van der Waals surface area contributed by atoms with Gasteiger partial charge >= 0.3 is 12.3 Å². The first-order chi connectivity index (χ1) is 11.6. The zero-order chi connectivity index (χ0) is 20.5. The molecule has 7 nitrogen and oxygen atoms in total. The summed E-state index contributed by atoms with van der Waals surface area (Å²) in [5.41, 5.74) is 1.75. The van der Waals surface area contributed by atoms with Crippen LogP contribution in [0.3, 0.4) is 0 Å². The molecule has 1 fully saturated rings. The standard InChI is InChI=1S/C16H26F3N3O4/c1-14(2,3)10(12(24)22-8-6-7-9(22)11(20)23)21-13(25)26-15(4,5)16(17,18)19/h9-10H,6-8H2,1-5H3,(H2,20,23)(H,21,25)/t9-,10+/m0/s1. The molecule has 2 atom stereocenters. The molecular weight excluding hydrogens is 355 g/mol. The van der Waals surface area contributed by atoms with Crippen LogP contribution in [0.1, 0.15) is 47.5 Å². The maximum Gasteiger partial charge on any atom is 0.427 e. The molecule has 1 aliphatic heterocycles. The fraction of sp³-hybridized carbons (Fsp3) is 0.812. The SMILES string of the molecule is CC(C)(C)[C@H](NC(=O)OC(C)(C)C(F)(F)F)C(=O)N1CCC[C@H]1C(N)=O. The Bertz CT molecular complexity index is 570. The van der Waals surface area contributed by atoms with Crippen molar-refractivity contribution in [3.05, 3.63) is 0 Å². The third-order valence-corrected chi connectivity index (χ3v) is 4.27. The molecule has 1 aliphatic rings. The molecule has 0 spiro atoms. The first kappa shape index (κ1) is 22.0. The van der Waals surface area contributed by atoms with Gasteiger partial charge in [-0.3, -0.25) is 9.59 Å². The number of alkyl halides is 3. The third-order valence-electron chi connectivity index (χ3n) is 4.27. The average Bonchev–Trinajstić information content (AvgIpc) is 2.90. The van der Waals surface area contributed by atoms with Crippen LogP contribution < -0.4 is 11.1 Å². The first-order valence-corrected chi connectivity index (χ1v) is 8.24. The lowest BCUT2D eigenvalue weighted by atomic mass is 9.85. The number of nitrogens with zero attached hydrogens (tertiary/aromatic N) is 1. The molecule has 26 heavy (non-hydrogen) atoms. The van der Waals surface area contributed by atoms with E-state index in [1.54, 1.807) is 20.8 Å². The van der Waals surface area contributed by atoms with E-state index in [0.29, 0.717) is 26.7 Å². The van der Waals surface area contributed by atoms with Crippen LogP contribution in [0.4, 0.5) is 18.0 Å². The van der Waals surface area contributed by atoms with Gasteiger partial charge in [0.1, 0.15) is 12.1 Å². The van der Waals surface area contributed by atoms with Crippen molar-refractivity contribution >= 4 is 17.9 Å². The quantitative estimate of drug-likeness (QED) is 0.777. The minimum Gasteiger partial charge on any atom is -0.434 e. The van der Waals surface area contributed by atoms with Gasteiger partial charge in [0, 0.05) is 6.54 Å². The van der Waals surface area contributed by atoms with Crippen molar-refractivity contribution in [2.75, 3.05) is 6.54 Å². The van der Waals surface area contributed by atoms with Gasteiger partial charge in [-0.05, 0) is 32.1 Å². The number of likely N-dealkylation sites (tertiary alicyclic amines) is 1. The van der Waals surface area contributed by atoms with Crippen molar-refractivity contribution in [3.63, 3.8) is 0 Å². The Labute approximate surface area is 150 Å². The highest BCUT2D eigenvalue weighted by molar-refractivity contribution is 5.91. The highest BCUT2D eigenvalue weighted by atomic mass is 19.4. The Morgan fingerprint density at radius 3 is 2.12 bits per heavy atom. The van der Waals surface area contributed by atoms with Crippen LogP contribution in [0.5, 0.6) is 0 Å². The number of primary amides is 1. The number of ether oxygens (including phenoxy) is 1. The van der Waals surface area contributed by atoms with Crippen molar-refractivity contribution in [1.29, 1.82) is 0 Å². The van der Waals surface area contributed by atoms with E-state index >= 15 is 0 Å². The molecule has 10 heteroatoms. The number of hydrogen-bond acceptors (Lipinski definition) is 4. The van der Waals surface area contributed by atoms with Crippen molar-refractivity contribution < 1.29 is 32.3 Å². The van der Waals surface area contributed by atoms with Crippen LogP contribution in [-0.2, 0) is 14.3 Å². The van der Waals surface area contributed by atoms with E-state index in [2.05, 4.69) is 10.1 Å². The molecule has 0 aromatic heterocycles. The van der Waals surface area contributed by atoms with E-state index in [1.807, 2.05) is 0 Å². The lowest BCUT2D eigenvalue weighted by Gasteiger charge is -2.36. The second kappa shape index (κ2) is 7.32. The summed E-state index contributed by atoms with van der Waals surface area (Å²) in [5, 5.41) is 2.22. The van der Waals surface area contributed by atoms with E-state index in [-0.39, 0.29) is 6.54 Å². The number of alkyl carbamates (subject to hydrolysis) is 1. The van der Waals surface area contributed by atoms with E-state index in [9.17, 15) is 27.6 Å². The Balaban J connectivity index is 2.97. The molecular formula is C16H26F3N3O4. The summed E-state index contributed by atoms with van der Waals surface area (Å²) >= 11 is 0. The van der Waals surface area contributed by atoms with Crippen molar-refractivity contribution in [2.45, 2.75) is 71.3 Å². The van der Waals surface area contributed by atoms with Gasteiger partial charge in [-0.2, -0.15) is 13.2 Å². The summed E-state index contributed by atoms with van der Waals surface area (Å²) in [7, 11) is 0. The van der Waals surface area contributed by atoms with Gasteiger partial charge in [-0.25, -0.2) is 4.79 Å². The Hall–Kier alpha value is -2.00. The van der Waals surface area contributed by atoms with E-state index in [0.717, 1.165) is 0 Å². The fourth-order valence-corrected chi connectivity index (χ4v) is 2.58. The minimum absolute atomic E-state index is 0.282. The van der Waals surface area contributed by atoms with Crippen molar-refractivity contribution in [1.82, 2.24) is 10.2 Å². The number of hydrogen-bond donors (Lipinski definition) is 2. The highest BCUT2D eigenvalue weighted by Gasteiger charge is 2.51. The van der Waals surface area contributed by atoms with Crippen molar-refractivity contribution in [2.24, 2.45) is 11.1 Å². The normalized spacial score (nSPS) is 19.8.